The zero-order chi connectivity index (χ0) is 15.1. The van der Waals surface area contributed by atoms with E-state index in [2.05, 4.69) is 27.2 Å². The van der Waals surface area contributed by atoms with Crippen LogP contribution in [0.15, 0.2) is 49.3 Å². The van der Waals surface area contributed by atoms with Gasteiger partial charge in [-0.2, -0.15) is 0 Å². The number of nitrogens with one attached hydrogen (secondary N) is 2. The average Bonchev–Trinajstić information content (AvgIpc) is 2.52. The molecule has 108 valence electrons. The van der Waals surface area contributed by atoms with Gasteiger partial charge in [0.15, 0.2) is 0 Å². The number of nitrogens with zero attached hydrogens (tertiary/aromatic N) is 2. The Balaban J connectivity index is 2.00. The van der Waals surface area contributed by atoms with Gasteiger partial charge >= 0.3 is 0 Å². The Morgan fingerprint density at radius 2 is 2.14 bits per heavy atom. The van der Waals surface area contributed by atoms with Crippen molar-refractivity contribution in [1.29, 1.82) is 0 Å². The third kappa shape index (κ3) is 4.29. The number of amides is 1. The van der Waals surface area contributed by atoms with Crippen molar-refractivity contribution in [2.45, 2.75) is 6.54 Å². The Kier molecular flexibility index (Phi) is 5.29. The molecule has 2 aromatic rings. The first-order chi connectivity index (χ1) is 10.2. The fourth-order valence-corrected chi connectivity index (χ4v) is 1.87. The number of hydrogen-bond donors (Lipinski definition) is 2. The Labute approximate surface area is 128 Å². The van der Waals surface area contributed by atoms with Crippen molar-refractivity contribution in [3.05, 3.63) is 65.6 Å². The lowest BCUT2D eigenvalue weighted by atomic mass is 10.2. The predicted molar refractivity (Wildman–Crippen MR) is 83.3 cm³/mol. The quantitative estimate of drug-likeness (QED) is 0.805. The topological polar surface area (TPSA) is 66.9 Å². The van der Waals surface area contributed by atoms with E-state index in [0.717, 1.165) is 5.56 Å². The highest BCUT2D eigenvalue weighted by atomic mass is 35.5. The van der Waals surface area contributed by atoms with Gasteiger partial charge in [-0.1, -0.05) is 35.9 Å². The van der Waals surface area contributed by atoms with Crippen molar-refractivity contribution in [2.24, 2.45) is 0 Å². The maximum atomic E-state index is 12.1. The van der Waals surface area contributed by atoms with E-state index >= 15 is 0 Å². The third-order valence-corrected chi connectivity index (χ3v) is 3.09. The number of anilines is 1. The van der Waals surface area contributed by atoms with Crippen LogP contribution in [0.25, 0.3) is 0 Å². The van der Waals surface area contributed by atoms with Crippen LogP contribution in [0.5, 0.6) is 0 Å². The fourth-order valence-electron chi connectivity index (χ4n) is 1.66. The second kappa shape index (κ2) is 7.40. The van der Waals surface area contributed by atoms with Gasteiger partial charge in [0.1, 0.15) is 17.8 Å². The van der Waals surface area contributed by atoms with Crippen molar-refractivity contribution < 1.29 is 4.79 Å². The molecule has 0 saturated heterocycles. The molecule has 0 bridgehead atoms. The second-order valence-electron chi connectivity index (χ2n) is 4.23. The van der Waals surface area contributed by atoms with E-state index in [4.69, 9.17) is 11.6 Å². The van der Waals surface area contributed by atoms with Gasteiger partial charge in [0.05, 0.1) is 0 Å². The second-order valence-corrected chi connectivity index (χ2v) is 4.64. The number of benzene rings is 1. The number of carbonyl (C=O) groups excluding carboxylic acids is 1. The summed E-state index contributed by atoms with van der Waals surface area (Å²) in [5, 5.41) is 6.40. The summed E-state index contributed by atoms with van der Waals surface area (Å²) >= 11 is 6.04. The van der Waals surface area contributed by atoms with Crippen LogP contribution in [0.1, 0.15) is 16.1 Å². The van der Waals surface area contributed by atoms with Crippen molar-refractivity contribution in [3.8, 4) is 0 Å². The summed E-state index contributed by atoms with van der Waals surface area (Å²) < 4.78 is 0. The number of hydrogen-bond acceptors (Lipinski definition) is 4. The lowest BCUT2D eigenvalue weighted by molar-refractivity contribution is 0.0946. The lowest BCUT2D eigenvalue weighted by Gasteiger charge is -2.07. The third-order valence-electron chi connectivity index (χ3n) is 2.72. The van der Waals surface area contributed by atoms with Crippen LogP contribution in [0.4, 0.5) is 5.82 Å². The smallest absolute Gasteiger partial charge is 0.270 e. The normalized spacial score (nSPS) is 9.95. The van der Waals surface area contributed by atoms with Crippen molar-refractivity contribution in [2.75, 3.05) is 11.9 Å². The minimum atomic E-state index is -0.279. The summed E-state index contributed by atoms with van der Waals surface area (Å²) in [6.07, 6.45) is 3.05. The van der Waals surface area contributed by atoms with E-state index in [0.29, 0.717) is 29.6 Å². The molecule has 21 heavy (non-hydrogen) atoms. The van der Waals surface area contributed by atoms with Crippen LogP contribution in [-0.4, -0.2) is 22.4 Å². The van der Waals surface area contributed by atoms with Crippen LogP contribution in [0.2, 0.25) is 5.02 Å². The molecule has 1 aromatic carbocycles. The van der Waals surface area contributed by atoms with Gasteiger partial charge in [-0.3, -0.25) is 4.79 Å². The molecule has 1 amide bonds. The van der Waals surface area contributed by atoms with E-state index < -0.39 is 0 Å². The molecule has 0 unspecified atom stereocenters. The first-order valence-corrected chi connectivity index (χ1v) is 6.77. The van der Waals surface area contributed by atoms with E-state index in [1.165, 1.54) is 6.33 Å². The number of halogens is 1. The number of aromatic nitrogens is 2. The molecule has 0 aliphatic heterocycles. The number of rotatable bonds is 6. The van der Waals surface area contributed by atoms with Crippen LogP contribution >= 0.6 is 11.6 Å². The molecule has 6 heteroatoms. The molecular weight excluding hydrogens is 288 g/mol. The zero-order valence-corrected chi connectivity index (χ0v) is 12.1. The summed E-state index contributed by atoms with van der Waals surface area (Å²) in [5.74, 6) is 0.298. The van der Waals surface area contributed by atoms with E-state index in [1.807, 2.05) is 18.2 Å². The summed E-state index contributed by atoms with van der Waals surface area (Å²) in [6.45, 7) is 4.52. The molecular formula is C15H15ClN4O. The molecule has 2 N–H and O–H groups in total. The fraction of sp³-hybridized carbons (Fsp3) is 0.133. The molecule has 5 nitrogen and oxygen atoms in total. The van der Waals surface area contributed by atoms with Gasteiger partial charge in [-0.15, -0.1) is 6.58 Å². The standard InChI is InChI=1S/C15H15ClN4O/c1-2-7-17-14-8-13(19-10-20-14)15(21)18-9-11-5-3-4-6-12(11)16/h2-6,8,10H,1,7,9H2,(H,18,21)(H,17,19,20). The van der Waals surface area contributed by atoms with Gasteiger partial charge in [0, 0.05) is 24.2 Å². The SMILES string of the molecule is C=CCNc1cc(C(=O)NCc2ccccc2Cl)ncn1. The van der Waals surface area contributed by atoms with Gasteiger partial charge in [0.25, 0.3) is 5.91 Å². The Hall–Kier alpha value is -2.40. The molecule has 1 heterocycles. The summed E-state index contributed by atoms with van der Waals surface area (Å²) in [4.78, 5) is 20.0. The molecule has 0 aliphatic carbocycles. The van der Waals surface area contributed by atoms with Gasteiger partial charge < -0.3 is 10.6 Å². The lowest BCUT2D eigenvalue weighted by Crippen LogP contribution is -2.24. The highest BCUT2D eigenvalue weighted by molar-refractivity contribution is 6.31. The van der Waals surface area contributed by atoms with E-state index in [9.17, 15) is 4.79 Å². The average molecular weight is 303 g/mol. The molecule has 0 fully saturated rings. The van der Waals surface area contributed by atoms with Gasteiger partial charge in [-0.05, 0) is 11.6 Å². The van der Waals surface area contributed by atoms with E-state index in [1.54, 1.807) is 18.2 Å². The van der Waals surface area contributed by atoms with Crippen LogP contribution in [0, 0.1) is 0 Å². The van der Waals surface area contributed by atoms with Crippen LogP contribution < -0.4 is 10.6 Å². The molecule has 0 spiro atoms. The Morgan fingerprint density at radius 1 is 1.33 bits per heavy atom. The molecule has 1 aromatic heterocycles. The van der Waals surface area contributed by atoms with Gasteiger partial charge in [0.2, 0.25) is 0 Å². The minimum Gasteiger partial charge on any atom is -0.366 e. The number of carbonyl (C=O) groups is 1. The first kappa shape index (κ1) is 15.0. The highest BCUT2D eigenvalue weighted by Crippen LogP contribution is 2.14. The molecule has 0 radical (unpaired) electrons. The summed E-state index contributed by atoms with van der Waals surface area (Å²) in [5.41, 5.74) is 1.15. The maximum Gasteiger partial charge on any atom is 0.270 e. The molecule has 2 rings (SSSR count). The van der Waals surface area contributed by atoms with E-state index in [-0.39, 0.29) is 5.91 Å². The van der Waals surface area contributed by atoms with Crippen LogP contribution in [0.3, 0.4) is 0 Å². The van der Waals surface area contributed by atoms with Crippen molar-refractivity contribution in [1.82, 2.24) is 15.3 Å². The Bertz CT molecular complexity index is 645. The first-order valence-electron chi connectivity index (χ1n) is 6.39. The minimum absolute atomic E-state index is 0.279. The largest absolute Gasteiger partial charge is 0.366 e. The Morgan fingerprint density at radius 3 is 2.90 bits per heavy atom. The highest BCUT2D eigenvalue weighted by Gasteiger charge is 2.09. The molecule has 0 saturated carbocycles. The van der Waals surface area contributed by atoms with Gasteiger partial charge in [-0.25, -0.2) is 9.97 Å². The van der Waals surface area contributed by atoms with Crippen molar-refractivity contribution in [3.63, 3.8) is 0 Å². The van der Waals surface area contributed by atoms with Crippen LogP contribution in [-0.2, 0) is 6.54 Å². The summed E-state index contributed by atoms with van der Waals surface area (Å²) in [7, 11) is 0. The zero-order valence-electron chi connectivity index (χ0n) is 11.3. The molecule has 0 aliphatic rings. The predicted octanol–water partition coefficient (Wildman–Crippen LogP) is 2.66. The monoisotopic (exact) mass is 302 g/mol. The summed E-state index contributed by atoms with van der Waals surface area (Å²) in [6, 6.07) is 8.95. The molecule has 0 atom stereocenters. The van der Waals surface area contributed by atoms with Crippen molar-refractivity contribution >= 4 is 23.3 Å². The maximum absolute atomic E-state index is 12.1.